The fraction of sp³-hybridized carbons (Fsp3) is 0.923. The maximum Gasteiger partial charge on any atom is 0.305 e. The predicted molar refractivity (Wildman–Crippen MR) is 250 cm³/mol. The van der Waals surface area contributed by atoms with Crippen LogP contribution in [0.3, 0.4) is 0 Å². The number of ether oxygens (including phenoxy) is 1. The van der Waals surface area contributed by atoms with E-state index in [0.717, 1.165) is 57.8 Å². The number of carbonyl (C=O) groups is 2. The van der Waals surface area contributed by atoms with Crippen molar-refractivity contribution in [3.8, 4) is 0 Å². The predicted octanol–water partition coefficient (Wildman–Crippen LogP) is 15.3. The first-order valence-corrected chi connectivity index (χ1v) is 26.0. The van der Waals surface area contributed by atoms with Crippen molar-refractivity contribution in [2.75, 3.05) is 13.2 Å². The fourth-order valence-corrected chi connectivity index (χ4v) is 8.05. The molecule has 344 valence electrons. The molecule has 0 aliphatic heterocycles. The summed E-state index contributed by atoms with van der Waals surface area (Å²) < 4.78 is 5.46. The van der Waals surface area contributed by atoms with E-state index in [2.05, 4.69) is 19.2 Å². The summed E-state index contributed by atoms with van der Waals surface area (Å²) in [6.45, 7) is 4.88. The van der Waals surface area contributed by atoms with E-state index >= 15 is 0 Å². The number of esters is 1. The number of carbonyl (C=O) groups excluding carboxylic acids is 2. The summed E-state index contributed by atoms with van der Waals surface area (Å²) in [5.41, 5.74) is 0. The zero-order valence-corrected chi connectivity index (χ0v) is 39.0. The van der Waals surface area contributed by atoms with Crippen molar-refractivity contribution in [1.82, 2.24) is 5.32 Å². The van der Waals surface area contributed by atoms with Crippen LogP contribution in [0.4, 0.5) is 0 Å². The number of nitrogens with one attached hydrogen (secondary N) is 1. The van der Waals surface area contributed by atoms with Gasteiger partial charge >= 0.3 is 5.97 Å². The Hall–Kier alpha value is -1.40. The molecule has 58 heavy (non-hydrogen) atoms. The van der Waals surface area contributed by atoms with Crippen LogP contribution in [0.5, 0.6) is 0 Å². The minimum absolute atomic E-state index is 0.00784. The van der Waals surface area contributed by atoms with Crippen molar-refractivity contribution >= 4 is 11.9 Å². The van der Waals surface area contributed by atoms with Gasteiger partial charge in [-0.2, -0.15) is 0 Å². The lowest BCUT2D eigenvalue weighted by Gasteiger charge is -2.20. The maximum absolute atomic E-state index is 12.4. The Labute approximate surface area is 361 Å². The van der Waals surface area contributed by atoms with Gasteiger partial charge in [0.25, 0.3) is 0 Å². The van der Waals surface area contributed by atoms with Crippen molar-refractivity contribution in [3.05, 3.63) is 12.2 Å². The largest absolute Gasteiger partial charge is 0.466 e. The summed E-state index contributed by atoms with van der Waals surface area (Å²) >= 11 is 0. The van der Waals surface area contributed by atoms with E-state index in [0.29, 0.717) is 19.4 Å². The van der Waals surface area contributed by atoms with Crippen LogP contribution in [0, 0.1) is 0 Å². The Morgan fingerprint density at radius 1 is 0.466 bits per heavy atom. The van der Waals surface area contributed by atoms with Gasteiger partial charge in [-0.25, -0.2) is 0 Å². The molecule has 6 nitrogen and oxygen atoms in total. The first kappa shape index (κ1) is 56.6. The molecule has 1 amide bonds. The second-order valence-corrected chi connectivity index (χ2v) is 17.9. The summed E-state index contributed by atoms with van der Waals surface area (Å²) in [7, 11) is 0. The number of hydrogen-bond donors (Lipinski definition) is 3. The van der Waals surface area contributed by atoms with E-state index < -0.39 is 12.1 Å². The molecule has 0 spiro atoms. The Kier molecular flexibility index (Phi) is 47.1. The molecule has 0 aromatic carbocycles. The van der Waals surface area contributed by atoms with Crippen LogP contribution in [-0.4, -0.2) is 47.4 Å². The highest BCUT2D eigenvalue weighted by Gasteiger charge is 2.18. The van der Waals surface area contributed by atoms with Crippen LogP contribution in [-0.2, 0) is 14.3 Å². The zero-order valence-electron chi connectivity index (χ0n) is 39.0. The molecule has 2 unspecified atom stereocenters. The lowest BCUT2D eigenvalue weighted by molar-refractivity contribution is -0.143. The Bertz CT molecular complexity index is 863. The first-order chi connectivity index (χ1) is 28.5. The molecule has 0 fully saturated rings. The fourth-order valence-electron chi connectivity index (χ4n) is 8.05. The van der Waals surface area contributed by atoms with Crippen molar-refractivity contribution in [1.29, 1.82) is 0 Å². The molecule has 2 atom stereocenters. The van der Waals surface area contributed by atoms with E-state index in [1.54, 1.807) is 6.08 Å². The summed E-state index contributed by atoms with van der Waals surface area (Å²) in [5, 5.41) is 23.0. The molecule has 6 heteroatoms. The molecule has 0 radical (unpaired) electrons. The molecule has 0 aliphatic rings. The van der Waals surface area contributed by atoms with Gasteiger partial charge in [0.1, 0.15) is 0 Å². The van der Waals surface area contributed by atoms with Gasteiger partial charge in [0.15, 0.2) is 0 Å². The van der Waals surface area contributed by atoms with E-state index in [-0.39, 0.29) is 18.5 Å². The quantitative estimate of drug-likeness (QED) is 0.0323. The lowest BCUT2D eigenvalue weighted by atomic mass is 10.0. The lowest BCUT2D eigenvalue weighted by Crippen LogP contribution is -2.45. The SMILES string of the molecule is CCCCCCCCCCCCCC/C=C/C(O)C(CO)NC(=O)CCCCCCCCCCCCCCOC(=O)CCCCCCCCCCCCCCCCC. The Morgan fingerprint density at radius 3 is 1.17 bits per heavy atom. The maximum atomic E-state index is 12.4. The first-order valence-electron chi connectivity index (χ1n) is 26.0. The van der Waals surface area contributed by atoms with Crippen LogP contribution in [0.25, 0.3) is 0 Å². The van der Waals surface area contributed by atoms with E-state index in [9.17, 15) is 19.8 Å². The molecular weight excluding hydrogens is 719 g/mol. The van der Waals surface area contributed by atoms with Gasteiger partial charge in [-0.05, 0) is 32.1 Å². The standard InChI is InChI=1S/C52H101NO5/c1-3-5-7-9-11-13-15-17-19-21-26-30-34-38-42-46-52(57)58-47-43-39-35-31-27-23-22-25-29-33-37-41-45-51(56)53-49(48-54)50(55)44-40-36-32-28-24-20-18-16-14-12-10-8-6-4-2/h40,44,49-50,54-55H,3-39,41-43,45-48H2,1-2H3,(H,53,56)/b44-40+. The third kappa shape index (κ3) is 44.2. The van der Waals surface area contributed by atoms with E-state index in [4.69, 9.17) is 4.74 Å². The average molecular weight is 820 g/mol. The van der Waals surface area contributed by atoms with Crippen molar-refractivity contribution in [2.45, 2.75) is 296 Å². The monoisotopic (exact) mass is 820 g/mol. The van der Waals surface area contributed by atoms with Gasteiger partial charge in [-0.1, -0.05) is 251 Å². The summed E-state index contributed by atoms with van der Waals surface area (Å²) in [4.78, 5) is 24.5. The van der Waals surface area contributed by atoms with Crippen LogP contribution in [0.2, 0.25) is 0 Å². The number of aliphatic hydroxyl groups is 2. The van der Waals surface area contributed by atoms with Crippen LogP contribution in [0.1, 0.15) is 284 Å². The van der Waals surface area contributed by atoms with Gasteiger partial charge in [-0.15, -0.1) is 0 Å². The van der Waals surface area contributed by atoms with Gasteiger partial charge in [0.2, 0.25) is 5.91 Å². The molecule has 0 aromatic heterocycles. The van der Waals surface area contributed by atoms with E-state index in [1.165, 1.54) is 199 Å². The number of aliphatic hydroxyl groups excluding tert-OH is 2. The summed E-state index contributed by atoms with van der Waals surface area (Å²) in [6, 6.07) is -0.637. The Balaban J connectivity index is 3.47. The minimum atomic E-state index is -0.853. The third-order valence-corrected chi connectivity index (χ3v) is 12.1. The highest BCUT2D eigenvalue weighted by atomic mass is 16.5. The minimum Gasteiger partial charge on any atom is -0.466 e. The highest BCUT2D eigenvalue weighted by molar-refractivity contribution is 5.76. The molecule has 0 saturated carbocycles. The van der Waals surface area contributed by atoms with Gasteiger partial charge in [0.05, 0.1) is 25.4 Å². The second-order valence-electron chi connectivity index (χ2n) is 17.9. The number of allylic oxidation sites excluding steroid dienone is 1. The van der Waals surface area contributed by atoms with Gasteiger partial charge in [0, 0.05) is 12.8 Å². The molecule has 0 aliphatic carbocycles. The number of rotatable bonds is 48. The topological polar surface area (TPSA) is 95.9 Å². The smallest absolute Gasteiger partial charge is 0.305 e. The van der Waals surface area contributed by atoms with Crippen LogP contribution in [0.15, 0.2) is 12.2 Å². The third-order valence-electron chi connectivity index (χ3n) is 12.1. The van der Waals surface area contributed by atoms with Gasteiger partial charge in [-0.3, -0.25) is 9.59 Å². The number of unbranched alkanes of at least 4 members (excludes halogenated alkanes) is 37. The van der Waals surface area contributed by atoms with Crippen molar-refractivity contribution in [3.63, 3.8) is 0 Å². The van der Waals surface area contributed by atoms with Crippen LogP contribution >= 0.6 is 0 Å². The summed E-state index contributed by atoms with van der Waals surface area (Å²) in [5.74, 6) is -0.0902. The Morgan fingerprint density at radius 2 is 0.793 bits per heavy atom. The van der Waals surface area contributed by atoms with E-state index in [1.807, 2.05) is 6.08 Å². The second kappa shape index (κ2) is 48.3. The summed E-state index contributed by atoms with van der Waals surface area (Å²) in [6.07, 6.45) is 54.9. The molecule has 0 bridgehead atoms. The molecule has 0 saturated heterocycles. The molecular formula is C52H101NO5. The highest BCUT2D eigenvalue weighted by Crippen LogP contribution is 2.16. The van der Waals surface area contributed by atoms with Gasteiger partial charge < -0.3 is 20.3 Å². The van der Waals surface area contributed by atoms with Crippen molar-refractivity contribution in [2.24, 2.45) is 0 Å². The molecule has 3 N–H and O–H groups in total. The van der Waals surface area contributed by atoms with Crippen molar-refractivity contribution < 1.29 is 24.5 Å². The van der Waals surface area contributed by atoms with Crippen LogP contribution < -0.4 is 5.32 Å². The normalized spacial score (nSPS) is 12.7. The number of hydrogen-bond acceptors (Lipinski definition) is 5. The molecule has 0 aromatic rings. The zero-order chi connectivity index (χ0) is 42.3. The molecule has 0 heterocycles. The molecule has 0 rings (SSSR count). The average Bonchev–Trinajstić information content (AvgIpc) is 3.22. The number of amides is 1.